The second-order valence-corrected chi connectivity index (χ2v) is 13.4. The predicted molar refractivity (Wildman–Crippen MR) is 209 cm³/mol. The third-order valence-electron chi connectivity index (χ3n) is 9.39. The van der Waals surface area contributed by atoms with Gasteiger partial charge in [-0.1, -0.05) is 12.2 Å². The highest BCUT2D eigenvalue weighted by atomic mass is 16.5. The molecule has 4 aromatic heterocycles. The average molecular weight is 779 g/mol. The molecule has 1 aliphatic rings. The number of aliphatic hydroxyl groups is 1. The molecule has 19 nitrogen and oxygen atoms in total. The van der Waals surface area contributed by atoms with Gasteiger partial charge < -0.3 is 30.6 Å². The van der Waals surface area contributed by atoms with Gasteiger partial charge in [0, 0.05) is 43.8 Å². The van der Waals surface area contributed by atoms with Crippen molar-refractivity contribution in [1.29, 1.82) is 0 Å². The van der Waals surface area contributed by atoms with E-state index < -0.39 is 29.7 Å². The summed E-state index contributed by atoms with van der Waals surface area (Å²) in [4.78, 5) is 61.3. The van der Waals surface area contributed by atoms with Gasteiger partial charge >= 0.3 is 0 Å². The second-order valence-electron chi connectivity index (χ2n) is 13.4. The van der Waals surface area contributed by atoms with E-state index in [-0.39, 0.29) is 55.1 Å². The number of anilines is 2. The number of nitrogens with one attached hydrogen (secondary N) is 2. The fourth-order valence-electron chi connectivity index (χ4n) is 6.84. The summed E-state index contributed by atoms with van der Waals surface area (Å²) in [5.41, 5.74) is 15.4. The molecule has 2 aromatic carbocycles. The number of hydrogen-bond donors (Lipinski definition) is 5. The van der Waals surface area contributed by atoms with Crippen LogP contribution < -0.4 is 31.6 Å². The minimum atomic E-state index is -0.699. The number of aromatic nitrogens is 8. The Morgan fingerprint density at radius 2 is 1.44 bits per heavy atom. The van der Waals surface area contributed by atoms with Crippen molar-refractivity contribution in [3.05, 3.63) is 82.5 Å². The molecule has 0 saturated carbocycles. The normalized spacial score (nSPS) is 13.7. The van der Waals surface area contributed by atoms with Gasteiger partial charge in [-0.25, -0.2) is 9.97 Å². The Morgan fingerprint density at radius 1 is 0.860 bits per heavy atom. The number of ether oxygens (including phenoxy) is 2. The molecule has 19 heteroatoms. The SMILES string of the molecule is CCn1nc(C)cc1C(=O)Nc1nc2cc(C(N)=O)cc(OCCCO)c2n1C/C=C/[C@H]1COc2cc(C(N)=O)cc3nc(NC(=O)c4cc(C)nn4CC)n1c23. The van der Waals surface area contributed by atoms with Crippen LogP contribution >= 0.6 is 0 Å². The molecule has 6 aromatic rings. The van der Waals surface area contributed by atoms with E-state index >= 15 is 0 Å². The molecule has 0 fully saturated rings. The molecule has 296 valence electrons. The lowest BCUT2D eigenvalue weighted by atomic mass is 10.1. The summed E-state index contributed by atoms with van der Waals surface area (Å²) < 4.78 is 18.9. The number of benzene rings is 2. The van der Waals surface area contributed by atoms with Crippen LogP contribution in [0.5, 0.6) is 11.5 Å². The summed E-state index contributed by atoms with van der Waals surface area (Å²) in [5.74, 6) is -1.24. The minimum Gasteiger partial charge on any atom is -0.491 e. The number of carbonyl (C=O) groups is 4. The number of aryl methyl sites for hydroxylation is 4. The van der Waals surface area contributed by atoms with E-state index in [1.807, 2.05) is 30.6 Å². The molecule has 0 spiro atoms. The first kappa shape index (κ1) is 38.3. The van der Waals surface area contributed by atoms with Crippen molar-refractivity contribution < 1.29 is 33.8 Å². The van der Waals surface area contributed by atoms with Crippen molar-refractivity contribution in [1.82, 2.24) is 38.7 Å². The van der Waals surface area contributed by atoms with Gasteiger partial charge in [0.2, 0.25) is 23.7 Å². The van der Waals surface area contributed by atoms with Crippen molar-refractivity contribution in [2.24, 2.45) is 11.5 Å². The number of rotatable bonds is 15. The Balaban J connectivity index is 1.30. The summed E-state index contributed by atoms with van der Waals surface area (Å²) in [7, 11) is 0. The summed E-state index contributed by atoms with van der Waals surface area (Å²) in [6.45, 7) is 8.53. The Bertz CT molecular complexity index is 2590. The van der Waals surface area contributed by atoms with Crippen LogP contribution in [0.15, 0.2) is 48.6 Å². The number of amides is 4. The largest absolute Gasteiger partial charge is 0.491 e. The third-order valence-corrected chi connectivity index (χ3v) is 9.39. The lowest BCUT2D eigenvalue weighted by Crippen LogP contribution is -2.25. The molecule has 0 saturated heterocycles. The number of carbonyl (C=O) groups excluding carboxylic acids is 4. The number of imidazole rings is 2. The van der Waals surface area contributed by atoms with Gasteiger partial charge in [-0.05, 0) is 64.1 Å². The number of nitrogens with zero attached hydrogens (tertiary/aromatic N) is 8. The summed E-state index contributed by atoms with van der Waals surface area (Å²) >= 11 is 0. The van der Waals surface area contributed by atoms with Gasteiger partial charge in [0.25, 0.3) is 11.8 Å². The molecule has 1 atom stereocenters. The first-order valence-corrected chi connectivity index (χ1v) is 18.3. The fraction of sp³-hybridized carbons (Fsp3) is 0.316. The standard InChI is InChI=1S/C38H42N12O7/c1-5-48-27(13-20(3)45-48)35(54)43-37-41-25-15-22(33(39)52)17-29(56-12-8-11-51)31(25)47(37)10-7-9-24-19-57-30-18-23(34(40)53)16-26-32(30)50(24)38(42-26)44-36(55)28-14-21(4)46-49(28)6-2/h7,9,13-18,24,51H,5-6,8,10-12,19H2,1-4H3,(H2,39,52)(H2,40,53)(H,41,43,54)(H,42,44,55)/b9-7+/t24-/m0/s1. The Kier molecular flexibility index (Phi) is 10.5. The smallest absolute Gasteiger partial charge is 0.276 e. The van der Waals surface area contributed by atoms with E-state index in [4.69, 9.17) is 30.9 Å². The van der Waals surface area contributed by atoms with E-state index in [1.54, 1.807) is 52.0 Å². The van der Waals surface area contributed by atoms with Gasteiger partial charge in [0.05, 0.1) is 35.1 Å². The minimum absolute atomic E-state index is 0.0954. The van der Waals surface area contributed by atoms with Gasteiger partial charge in [-0.2, -0.15) is 10.2 Å². The highest BCUT2D eigenvalue weighted by Gasteiger charge is 2.29. The van der Waals surface area contributed by atoms with Gasteiger partial charge in [-0.3, -0.25) is 43.7 Å². The number of fused-ring (bicyclic) bond motifs is 1. The van der Waals surface area contributed by atoms with Gasteiger partial charge in [-0.15, -0.1) is 0 Å². The molecule has 7 rings (SSSR count). The maximum atomic E-state index is 13.7. The predicted octanol–water partition coefficient (Wildman–Crippen LogP) is 3.09. The second kappa shape index (κ2) is 15.6. The lowest BCUT2D eigenvalue weighted by molar-refractivity contribution is 0.0991. The number of aliphatic hydroxyl groups excluding tert-OH is 1. The molecule has 0 radical (unpaired) electrons. The zero-order valence-corrected chi connectivity index (χ0v) is 31.8. The molecule has 0 aliphatic carbocycles. The van der Waals surface area contributed by atoms with E-state index in [0.29, 0.717) is 70.1 Å². The highest BCUT2D eigenvalue weighted by Crippen LogP contribution is 2.38. The van der Waals surface area contributed by atoms with Crippen LogP contribution in [0.2, 0.25) is 0 Å². The van der Waals surface area contributed by atoms with E-state index in [2.05, 4.69) is 20.8 Å². The molecule has 7 N–H and O–H groups in total. The van der Waals surface area contributed by atoms with Crippen molar-refractivity contribution >= 4 is 57.6 Å². The third kappa shape index (κ3) is 7.39. The molecule has 5 heterocycles. The fourth-order valence-corrected chi connectivity index (χ4v) is 6.84. The zero-order chi connectivity index (χ0) is 40.5. The van der Waals surface area contributed by atoms with Gasteiger partial charge in [0.1, 0.15) is 40.5 Å². The number of allylic oxidation sites excluding steroid dienone is 1. The van der Waals surface area contributed by atoms with Crippen LogP contribution in [-0.2, 0) is 19.6 Å². The zero-order valence-electron chi connectivity index (χ0n) is 31.8. The van der Waals surface area contributed by atoms with E-state index in [1.165, 1.54) is 12.1 Å². The highest BCUT2D eigenvalue weighted by molar-refractivity contribution is 6.05. The average Bonchev–Trinajstić information content (AvgIpc) is 3.95. The van der Waals surface area contributed by atoms with Crippen molar-refractivity contribution in [2.75, 3.05) is 30.5 Å². The summed E-state index contributed by atoms with van der Waals surface area (Å²) in [5, 5.41) is 24.1. The lowest BCUT2D eigenvalue weighted by Gasteiger charge is -2.25. The quantitative estimate of drug-likeness (QED) is 0.0748. The monoisotopic (exact) mass is 778 g/mol. The van der Waals surface area contributed by atoms with Gasteiger partial charge in [0.15, 0.2) is 0 Å². The molecule has 0 unspecified atom stereocenters. The van der Waals surface area contributed by atoms with Crippen LogP contribution in [0.3, 0.4) is 0 Å². The van der Waals surface area contributed by atoms with Crippen molar-refractivity contribution in [3.8, 4) is 11.5 Å². The Labute approximate surface area is 325 Å². The van der Waals surface area contributed by atoms with Crippen LogP contribution in [0.1, 0.15) is 79.4 Å². The van der Waals surface area contributed by atoms with Crippen LogP contribution in [0, 0.1) is 13.8 Å². The van der Waals surface area contributed by atoms with Crippen LogP contribution in [-0.4, -0.2) is 87.2 Å². The van der Waals surface area contributed by atoms with Crippen LogP contribution in [0.25, 0.3) is 22.1 Å². The number of primary amides is 2. The molecule has 57 heavy (non-hydrogen) atoms. The Hall–Kier alpha value is -7.02. The Morgan fingerprint density at radius 3 is 2.04 bits per heavy atom. The maximum absolute atomic E-state index is 13.7. The molecular weight excluding hydrogens is 736 g/mol. The van der Waals surface area contributed by atoms with E-state index in [0.717, 1.165) is 0 Å². The first-order chi connectivity index (χ1) is 27.4. The van der Waals surface area contributed by atoms with E-state index in [9.17, 15) is 24.3 Å². The molecule has 4 amide bonds. The molecule has 1 aliphatic heterocycles. The summed E-state index contributed by atoms with van der Waals surface area (Å²) in [6, 6.07) is 8.94. The molecular formula is C38H42N12O7. The first-order valence-electron chi connectivity index (χ1n) is 18.3. The topological polar surface area (TPSA) is 254 Å². The van der Waals surface area contributed by atoms with Crippen molar-refractivity contribution in [2.45, 2.75) is 59.8 Å². The number of nitrogens with two attached hydrogens (primary N) is 2. The van der Waals surface area contributed by atoms with Crippen LogP contribution in [0.4, 0.5) is 11.9 Å². The molecule has 0 bridgehead atoms. The number of hydrogen-bond acceptors (Lipinski definition) is 11. The van der Waals surface area contributed by atoms with Crippen molar-refractivity contribution in [3.63, 3.8) is 0 Å². The maximum Gasteiger partial charge on any atom is 0.276 e. The summed E-state index contributed by atoms with van der Waals surface area (Å²) in [6.07, 6.45) is 4.02.